The number of thiophene rings is 1. The maximum absolute atomic E-state index is 11.4. The first-order chi connectivity index (χ1) is 14.9. The van der Waals surface area contributed by atoms with Crippen molar-refractivity contribution in [2.45, 2.75) is 27.7 Å². The second-order valence-electron chi connectivity index (χ2n) is 7.25. The second kappa shape index (κ2) is 8.35. The predicted molar refractivity (Wildman–Crippen MR) is 125 cm³/mol. The zero-order chi connectivity index (χ0) is 22.1. The number of fused-ring (bicyclic) bond motifs is 1. The van der Waals surface area contributed by atoms with Crippen LogP contribution >= 0.6 is 11.3 Å². The average molecular weight is 434 g/mol. The molecule has 4 aromatic rings. The number of rotatable bonds is 6. The highest BCUT2D eigenvalue weighted by Crippen LogP contribution is 2.42. The van der Waals surface area contributed by atoms with Crippen molar-refractivity contribution in [3.8, 4) is 16.9 Å². The van der Waals surface area contributed by atoms with Crippen molar-refractivity contribution in [3.63, 3.8) is 0 Å². The Labute approximate surface area is 184 Å². The zero-order valence-corrected chi connectivity index (χ0v) is 18.6. The molecular weight excluding hydrogens is 410 g/mol. The van der Waals surface area contributed by atoms with Crippen LogP contribution in [0.2, 0.25) is 0 Å². The van der Waals surface area contributed by atoms with Crippen molar-refractivity contribution in [1.82, 2.24) is 9.97 Å². The molecule has 2 N–H and O–H groups in total. The molecule has 0 amide bonds. The van der Waals surface area contributed by atoms with Crippen LogP contribution in [0.15, 0.2) is 42.5 Å². The Hall–Kier alpha value is -3.45. The van der Waals surface area contributed by atoms with Crippen LogP contribution in [-0.4, -0.2) is 27.7 Å². The van der Waals surface area contributed by atoms with Gasteiger partial charge in [0.25, 0.3) is 0 Å². The number of carboxylic acids is 1. The summed E-state index contributed by atoms with van der Waals surface area (Å²) in [6, 6.07) is 13.0. The van der Waals surface area contributed by atoms with Gasteiger partial charge in [-0.15, -0.1) is 11.3 Å². The molecule has 2 aromatic carbocycles. The van der Waals surface area contributed by atoms with Gasteiger partial charge in [-0.1, -0.05) is 18.2 Å². The molecule has 0 spiro atoms. The Morgan fingerprint density at radius 3 is 2.52 bits per heavy atom. The van der Waals surface area contributed by atoms with Gasteiger partial charge in [0.1, 0.15) is 22.2 Å². The molecule has 0 unspecified atom stereocenters. The Bertz CT molecular complexity index is 1280. The summed E-state index contributed by atoms with van der Waals surface area (Å²) >= 11 is 1.62. The van der Waals surface area contributed by atoms with Gasteiger partial charge in [0, 0.05) is 16.1 Å². The van der Waals surface area contributed by atoms with Gasteiger partial charge in [-0.3, -0.25) is 0 Å². The number of nitrogens with one attached hydrogen (secondary N) is 1. The number of nitrogens with zero attached hydrogens (tertiary/aromatic N) is 2. The summed E-state index contributed by atoms with van der Waals surface area (Å²) in [6.45, 7) is 8.45. The van der Waals surface area contributed by atoms with E-state index in [0.717, 1.165) is 37.5 Å². The summed E-state index contributed by atoms with van der Waals surface area (Å²) in [4.78, 5) is 22.8. The highest BCUT2D eigenvalue weighted by atomic mass is 32.1. The van der Waals surface area contributed by atoms with Gasteiger partial charge in [-0.25, -0.2) is 14.8 Å². The van der Waals surface area contributed by atoms with Crippen LogP contribution in [0.1, 0.15) is 33.5 Å². The largest absolute Gasteiger partial charge is 0.494 e. The first-order valence-corrected chi connectivity index (χ1v) is 10.8. The van der Waals surface area contributed by atoms with Gasteiger partial charge >= 0.3 is 5.97 Å². The molecule has 7 heteroatoms. The van der Waals surface area contributed by atoms with Gasteiger partial charge in [-0.05, 0) is 63.1 Å². The van der Waals surface area contributed by atoms with Crippen LogP contribution in [-0.2, 0) is 0 Å². The molecule has 0 saturated carbocycles. The van der Waals surface area contributed by atoms with E-state index in [-0.39, 0.29) is 5.56 Å². The predicted octanol–water partition coefficient (Wildman–Crippen LogP) is 6.12. The molecule has 158 valence electrons. The normalized spacial score (nSPS) is 11.0. The first-order valence-electron chi connectivity index (χ1n) is 9.99. The van der Waals surface area contributed by atoms with E-state index >= 15 is 0 Å². The Balaban J connectivity index is 1.87. The zero-order valence-electron chi connectivity index (χ0n) is 17.8. The molecule has 0 aliphatic heterocycles. The average Bonchev–Trinajstić information content (AvgIpc) is 3.06. The second-order valence-corrected chi connectivity index (χ2v) is 8.45. The van der Waals surface area contributed by atoms with Crippen LogP contribution in [0.3, 0.4) is 0 Å². The minimum absolute atomic E-state index is 0.225. The summed E-state index contributed by atoms with van der Waals surface area (Å²) < 4.78 is 5.58. The first kappa shape index (κ1) is 20.8. The Morgan fingerprint density at radius 2 is 1.84 bits per heavy atom. The number of aromatic carboxylic acids is 1. The Morgan fingerprint density at radius 1 is 1.10 bits per heavy atom. The standard InChI is InChI=1S/C24H23N3O3S/c1-5-30-18-10-8-16(9-11-18)20-14(3)31-23-21(20)22(25-15(4)26-23)27-19-12-17(24(28)29)7-6-13(19)2/h6-12H,5H2,1-4H3,(H,28,29)(H,25,26,27). The molecule has 2 aromatic heterocycles. The topological polar surface area (TPSA) is 84.3 Å². The summed E-state index contributed by atoms with van der Waals surface area (Å²) in [5.41, 5.74) is 3.99. The molecule has 6 nitrogen and oxygen atoms in total. The van der Waals surface area contributed by atoms with Gasteiger partial charge in [-0.2, -0.15) is 0 Å². The molecule has 31 heavy (non-hydrogen) atoms. The molecule has 4 rings (SSSR count). The fraction of sp³-hybridized carbons (Fsp3) is 0.208. The lowest BCUT2D eigenvalue weighted by Gasteiger charge is -2.13. The maximum atomic E-state index is 11.4. The van der Waals surface area contributed by atoms with E-state index in [0.29, 0.717) is 23.9 Å². The Kier molecular flexibility index (Phi) is 5.61. The van der Waals surface area contributed by atoms with E-state index in [1.165, 1.54) is 0 Å². The lowest BCUT2D eigenvalue weighted by Crippen LogP contribution is -2.02. The fourth-order valence-electron chi connectivity index (χ4n) is 3.56. The van der Waals surface area contributed by atoms with Crippen LogP contribution in [0, 0.1) is 20.8 Å². The highest BCUT2D eigenvalue weighted by Gasteiger charge is 2.19. The van der Waals surface area contributed by atoms with Crippen LogP contribution in [0.4, 0.5) is 11.5 Å². The number of carbonyl (C=O) groups is 1. The number of hydrogen-bond donors (Lipinski definition) is 2. The van der Waals surface area contributed by atoms with Gasteiger partial charge in [0.15, 0.2) is 0 Å². The van der Waals surface area contributed by atoms with Crippen molar-refractivity contribution >= 4 is 39.0 Å². The molecule has 0 bridgehead atoms. The lowest BCUT2D eigenvalue weighted by molar-refractivity contribution is 0.0697. The number of carboxylic acid groups (broad SMARTS) is 1. The maximum Gasteiger partial charge on any atom is 0.335 e. The van der Waals surface area contributed by atoms with Crippen molar-refractivity contribution in [2.24, 2.45) is 0 Å². The molecule has 0 aliphatic carbocycles. The number of ether oxygens (including phenoxy) is 1. The van der Waals surface area contributed by atoms with Gasteiger partial charge in [0.05, 0.1) is 17.6 Å². The molecule has 0 radical (unpaired) electrons. The quantitative estimate of drug-likeness (QED) is 0.381. The monoisotopic (exact) mass is 433 g/mol. The van der Waals surface area contributed by atoms with E-state index in [2.05, 4.69) is 22.2 Å². The third-order valence-corrected chi connectivity index (χ3v) is 6.03. The SMILES string of the molecule is CCOc1ccc(-c2c(C)sc3nc(C)nc(Nc4cc(C(=O)O)ccc4C)c23)cc1. The van der Waals surface area contributed by atoms with Crippen molar-refractivity contribution in [2.75, 3.05) is 11.9 Å². The van der Waals surface area contributed by atoms with Crippen molar-refractivity contribution in [1.29, 1.82) is 0 Å². The van der Waals surface area contributed by atoms with Crippen molar-refractivity contribution < 1.29 is 14.6 Å². The third kappa shape index (κ3) is 4.09. The summed E-state index contributed by atoms with van der Waals surface area (Å²) in [7, 11) is 0. The van der Waals surface area contributed by atoms with E-state index < -0.39 is 5.97 Å². The summed E-state index contributed by atoms with van der Waals surface area (Å²) in [5.74, 6) is 1.19. The smallest absolute Gasteiger partial charge is 0.335 e. The molecule has 0 aliphatic rings. The van der Waals surface area contributed by atoms with Crippen LogP contribution in [0.25, 0.3) is 21.3 Å². The van der Waals surface area contributed by atoms with Crippen molar-refractivity contribution in [3.05, 3.63) is 64.3 Å². The number of aromatic nitrogens is 2. The molecule has 0 fully saturated rings. The number of benzene rings is 2. The molecule has 2 heterocycles. The lowest BCUT2D eigenvalue weighted by atomic mass is 10.0. The van der Waals surface area contributed by atoms with E-state index in [4.69, 9.17) is 4.74 Å². The number of anilines is 2. The van der Waals surface area contributed by atoms with Gasteiger partial charge < -0.3 is 15.2 Å². The summed E-state index contributed by atoms with van der Waals surface area (Å²) in [6.07, 6.45) is 0. The van der Waals surface area contributed by atoms with Crippen LogP contribution in [0.5, 0.6) is 5.75 Å². The minimum Gasteiger partial charge on any atom is -0.494 e. The van der Waals surface area contributed by atoms with E-state index in [9.17, 15) is 9.90 Å². The molecular formula is C24H23N3O3S. The van der Waals surface area contributed by atoms with Gasteiger partial charge in [0.2, 0.25) is 0 Å². The van der Waals surface area contributed by atoms with E-state index in [1.54, 1.807) is 29.5 Å². The molecule has 0 atom stereocenters. The molecule has 0 saturated heterocycles. The van der Waals surface area contributed by atoms with E-state index in [1.807, 2.05) is 45.0 Å². The highest BCUT2D eigenvalue weighted by molar-refractivity contribution is 7.19. The number of hydrogen-bond acceptors (Lipinski definition) is 6. The minimum atomic E-state index is -0.964. The number of aryl methyl sites for hydroxylation is 3. The fourth-order valence-corrected chi connectivity index (χ4v) is 4.65. The third-order valence-electron chi connectivity index (χ3n) is 5.03. The summed E-state index contributed by atoms with van der Waals surface area (Å²) in [5, 5.41) is 13.7. The van der Waals surface area contributed by atoms with Crippen LogP contribution < -0.4 is 10.1 Å².